The smallest absolute Gasteiger partial charge is 0.408 e. The van der Waals surface area contributed by atoms with Crippen molar-refractivity contribution in [3.05, 3.63) is 0 Å². The Bertz CT molecular complexity index is 303. The van der Waals surface area contributed by atoms with E-state index >= 15 is 0 Å². The number of amides is 2. The fourth-order valence-corrected chi connectivity index (χ4v) is 1.54. The summed E-state index contributed by atoms with van der Waals surface area (Å²) in [4.78, 5) is 23.7. The van der Waals surface area contributed by atoms with Gasteiger partial charge < -0.3 is 15.4 Å². The van der Waals surface area contributed by atoms with Gasteiger partial charge in [0, 0.05) is 12.3 Å². The predicted octanol–water partition coefficient (Wildman–Crippen LogP) is 1.97. The number of rotatable bonds is 6. The number of nitrogens with one attached hydrogen (secondary N) is 2. The minimum atomic E-state index is -0.584. The van der Waals surface area contributed by atoms with Gasteiger partial charge in [-0.2, -0.15) is 12.6 Å². The van der Waals surface area contributed by atoms with Gasteiger partial charge in [0.15, 0.2) is 0 Å². The van der Waals surface area contributed by atoms with Crippen molar-refractivity contribution >= 4 is 24.6 Å². The molecule has 0 fully saturated rings. The second-order valence-corrected chi connectivity index (χ2v) is 5.97. The summed E-state index contributed by atoms with van der Waals surface area (Å²) in [7, 11) is 0. The van der Waals surface area contributed by atoms with Gasteiger partial charge >= 0.3 is 6.09 Å². The summed E-state index contributed by atoms with van der Waals surface area (Å²) in [6, 6.07) is -0.584. The number of thiol groups is 1. The minimum Gasteiger partial charge on any atom is -0.444 e. The van der Waals surface area contributed by atoms with Gasteiger partial charge in [0.2, 0.25) is 5.91 Å². The first kappa shape index (κ1) is 18.1. The van der Waals surface area contributed by atoms with Crippen molar-refractivity contribution < 1.29 is 14.3 Å². The van der Waals surface area contributed by atoms with Crippen LogP contribution in [0, 0.1) is 5.92 Å². The molecule has 0 aromatic carbocycles. The Morgan fingerprint density at radius 3 is 2.32 bits per heavy atom. The number of alkyl carbamates (subject to hydrolysis) is 1. The zero-order chi connectivity index (χ0) is 15.1. The summed E-state index contributed by atoms with van der Waals surface area (Å²) in [5, 5.41) is 5.37. The standard InChI is InChI=1S/C13H26N2O3S/c1-6-9(2)10(11(16)14-7-8-19)15-12(17)18-13(3,4)5/h9-10,19H,6-8H2,1-5H3,(H,14,16)(H,15,17)/t9?,10-/m0/s1. The molecule has 0 saturated carbocycles. The molecule has 19 heavy (non-hydrogen) atoms. The summed E-state index contributed by atoms with van der Waals surface area (Å²) in [5.74, 6) is 0.396. The first-order chi connectivity index (χ1) is 8.71. The van der Waals surface area contributed by atoms with Crippen LogP contribution in [0.3, 0.4) is 0 Å². The van der Waals surface area contributed by atoms with Gasteiger partial charge in [0.05, 0.1) is 0 Å². The third-order valence-electron chi connectivity index (χ3n) is 2.58. The van der Waals surface area contributed by atoms with Crippen LogP contribution >= 0.6 is 12.6 Å². The van der Waals surface area contributed by atoms with Gasteiger partial charge in [-0.25, -0.2) is 4.79 Å². The van der Waals surface area contributed by atoms with Crippen molar-refractivity contribution in [3.8, 4) is 0 Å². The first-order valence-corrected chi connectivity index (χ1v) is 7.22. The van der Waals surface area contributed by atoms with E-state index in [1.807, 2.05) is 13.8 Å². The molecule has 0 saturated heterocycles. The van der Waals surface area contributed by atoms with E-state index in [0.29, 0.717) is 12.3 Å². The molecule has 6 heteroatoms. The second-order valence-electron chi connectivity index (χ2n) is 5.52. The van der Waals surface area contributed by atoms with Crippen LogP contribution in [0.5, 0.6) is 0 Å². The lowest BCUT2D eigenvalue weighted by atomic mass is 9.98. The molecule has 2 amide bonds. The lowest BCUT2D eigenvalue weighted by molar-refractivity contribution is -0.124. The van der Waals surface area contributed by atoms with Gasteiger partial charge in [-0.05, 0) is 26.7 Å². The molecule has 112 valence electrons. The largest absolute Gasteiger partial charge is 0.444 e. The van der Waals surface area contributed by atoms with Crippen LogP contribution in [0.25, 0.3) is 0 Å². The van der Waals surface area contributed by atoms with E-state index in [1.54, 1.807) is 20.8 Å². The second kappa shape index (κ2) is 8.30. The molecule has 0 aliphatic heterocycles. The Hall–Kier alpha value is -0.910. The first-order valence-electron chi connectivity index (χ1n) is 6.59. The maximum Gasteiger partial charge on any atom is 0.408 e. The van der Waals surface area contributed by atoms with Crippen LogP contribution in [-0.4, -0.2) is 35.9 Å². The maximum atomic E-state index is 12.0. The Morgan fingerprint density at radius 2 is 1.89 bits per heavy atom. The molecular weight excluding hydrogens is 264 g/mol. The molecule has 0 rings (SSSR count). The van der Waals surface area contributed by atoms with Crippen LogP contribution in [0.15, 0.2) is 0 Å². The van der Waals surface area contributed by atoms with E-state index in [9.17, 15) is 9.59 Å². The molecule has 1 unspecified atom stereocenters. The summed E-state index contributed by atoms with van der Waals surface area (Å²) in [6.07, 6.45) is 0.216. The van der Waals surface area contributed by atoms with Crippen molar-refractivity contribution in [1.29, 1.82) is 0 Å². The maximum absolute atomic E-state index is 12.0. The average Bonchev–Trinajstić information content (AvgIpc) is 2.29. The highest BCUT2D eigenvalue weighted by atomic mass is 32.1. The predicted molar refractivity (Wildman–Crippen MR) is 79.5 cm³/mol. The van der Waals surface area contributed by atoms with E-state index in [4.69, 9.17) is 4.74 Å². The third-order valence-corrected chi connectivity index (χ3v) is 2.80. The molecule has 5 nitrogen and oxygen atoms in total. The summed E-state index contributed by atoms with van der Waals surface area (Å²) < 4.78 is 5.17. The molecule has 2 N–H and O–H groups in total. The molecule has 2 atom stereocenters. The number of carbonyl (C=O) groups excluding carboxylic acids is 2. The van der Waals surface area contributed by atoms with Gasteiger partial charge in [0.1, 0.15) is 11.6 Å². The third kappa shape index (κ3) is 7.97. The van der Waals surface area contributed by atoms with Crippen LogP contribution in [0.1, 0.15) is 41.0 Å². The quantitative estimate of drug-likeness (QED) is 0.655. The Labute approximate surface area is 121 Å². The SMILES string of the molecule is CCC(C)[C@H](NC(=O)OC(C)(C)C)C(=O)NCCS. The lowest BCUT2D eigenvalue weighted by Crippen LogP contribution is -2.51. The molecule has 0 aromatic heterocycles. The highest BCUT2D eigenvalue weighted by Gasteiger charge is 2.27. The van der Waals surface area contributed by atoms with Crippen LogP contribution in [0.4, 0.5) is 4.79 Å². The Kier molecular flexibility index (Phi) is 7.90. The topological polar surface area (TPSA) is 67.4 Å². The molecular formula is C13H26N2O3S. The van der Waals surface area contributed by atoms with Crippen LogP contribution < -0.4 is 10.6 Å². The van der Waals surface area contributed by atoms with Crippen molar-refractivity contribution in [2.45, 2.75) is 52.7 Å². The van der Waals surface area contributed by atoms with E-state index < -0.39 is 17.7 Å². The molecule has 0 heterocycles. The van der Waals surface area contributed by atoms with Crippen molar-refractivity contribution in [2.75, 3.05) is 12.3 Å². The van der Waals surface area contributed by atoms with E-state index in [2.05, 4.69) is 23.3 Å². The number of hydrogen-bond donors (Lipinski definition) is 3. The summed E-state index contributed by atoms with van der Waals surface area (Å²) in [6.45, 7) is 9.72. The van der Waals surface area contributed by atoms with Crippen molar-refractivity contribution in [1.82, 2.24) is 10.6 Å². The van der Waals surface area contributed by atoms with Gasteiger partial charge in [-0.1, -0.05) is 20.3 Å². The van der Waals surface area contributed by atoms with E-state index in [1.165, 1.54) is 0 Å². The molecule has 0 aliphatic carbocycles. The average molecular weight is 290 g/mol. The van der Waals surface area contributed by atoms with Crippen molar-refractivity contribution in [2.24, 2.45) is 5.92 Å². The number of ether oxygens (including phenoxy) is 1. The molecule has 0 aromatic rings. The fourth-order valence-electron chi connectivity index (χ4n) is 1.43. The van der Waals surface area contributed by atoms with E-state index in [0.717, 1.165) is 6.42 Å². The highest BCUT2D eigenvalue weighted by molar-refractivity contribution is 7.80. The van der Waals surface area contributed by atoms with E-state index in [-0.39, 0.29) is 11.8 Å². The summed E-state index contributed by atoms with van der Waals surface area (Å²) in [5.41, 5.74) is -0.578. The molecule has 0 bridgehead atoms. The zero-order valence-electron chi connectivity index (χ0n) is 12.4. The highest BCUT2D eigenvalue weighted by Crippen LogP contribution is 2.11. The fraction of sp³-hybridized carbons (Fsp3) is 0.846. The van der Waals surface area contributed by atoms with Gasteiger partial charge in [-0.15, -0.1) is 0 Å². The monoisotopic (exact) mass is 290 g/mol. The van der Waals surface area contributed by atoms with Crippen LogP contribution in [-0.2, 0) is 9.53 Å². The zero-order valence-corrected chi connectivity index (χ0v) is 13.3. The number of carbonyl (C=O) groups is 2. The van der Waals surface area contributed by atoms with Gasteiger partial charge in [-0.3, -0.25) is 4.79 Å². The minimum absolute atomic E-state index is 0.0347. The van der Waals surface area contributed by atoms with Crippen molar-refractivity contribution in [3.63, 3.8) is 0 Å². The van der Waals surface area contributed by atoms with Crippen LogP contribution in [0.2, 0.25) is 0 Å². The van der Waals surface area contributed by atoms with Gasteiger partial charge in [0.25, 0.3) is 0 Å². The normalized spacial score (nSPS) is 14.4. The Balaban J connectivity index is 4.60. The number of hydrogen-bond acceptors (Lipinski definition) is 4. The molecule has 0 radical (unpaired) electrons. The summed E-state index contributed by atoms with van der Waals surface area (Å²) >= 11 is 4.04. The Morgan fingerprint density at radius 1 is 1.32 bits per heavy atom. The lowest BCUT2D eigenvalue weighted by Gasteiger charge is -2.26. The molecule has 0 spiro atoms. The molecule has 0 aliphatic rings.